The number of fused-ring (bicyclic) bond motifs is 1. The minimum atomic E-state index is -2.94. The predicted molar refractivity (Wildman–Crippen MR) is 107 cm³/mol. The molecule has 0 unspecified atom stereocenters. The Labute approximate surface area is 172 Å². The predicted octanol–water partition coefficient (Wildman–Crippen LogP) is 2.00. The molecule has 158 valence electrons. The molecule has 30 heavy (non-hydrogen) atoms. The van der Waals surface area contributed by atoms with Crippen LogP contribution in [0.25, 0.3) is 22.4 Å². The number of nitrogens with zero attached hydrogens (tertiary/aromatic N) is 5. The van der Waals surface area contributed by atoms with Crippen LogP contribution in [0.3, 0.4) is 0 Å². The Morgan fingerprint density at radius 2 is 2.00 bits per heavy atom. The average molecular weight is 431 g/mol. The zero-order valence-electron chi connectivity index (χ0n) is 16.4. The molecule has 0 bridgehead atoms. The monoisotopic (exact) mass is 431 g/mol. The molecule has 0 atom stereocenters. The van der Waals surface area contributed by atoms with Gasteiger partial charge >= 0.3 is 6.09 Å². The van der Waals surface area contributed by atoms with Gasteiger partial charge in [-0.2, -0.15) is 10.1 Å². The van der Waals surface area contributed by atoms with Gasteiger partial charge in [0.1, 0.15) is 0 Å². The Bertz CT molecular complexity index is 1200. The molecule has 5 rings (SSSR count). The number of hydrogen-bond acceptors (Lipinski definition) is 8. The first-order valence-electron chi connectivity index (χ1n) is 9.78. The van der Waals surface area contributed by atoms with Crippen LogP contribution in [0.15, 0.2) is 28.9 Å². The van der Waals surface area contributed by atoms with Gasteiger partial charge in [-0.25, -0.2) is 13.2 Å². The van der Waals surface area contributed by atoms with Gasteiger partial charge in [-0.1, -0.05) is 11.2 Å². The van der Waals surface area contributed by atoms with Crippen molar-refractivity contribution in [3.63, 3.8) is 0 Å². The Balaban J connectivity index is 1.35. The molecule has 11 heteroatoms. The van der Waals surface area contributed by atoms with Gasteiger partial charge in [-0.05, 0) is 25.0 Å². The van der Waals surface area contributed by atoms with E-state index in [2.05, 4.69) is 15.2 Å². The number of aromatic nitrogens is 4. The highest BCUT2D eigenvalue weighted by Gasteiger charge is 2.36. The fraction of sp³-hybridized carbons (Fsp3) is 0.474. The number of ether oxygens (including phenoxy) is 1. The maximum Gasteiger partial charge on any atom is 0.409 e. The molecule has 0 aliphatic carbocycles. The molecule has 10 nitrogen and oxygen atoms in total. The van der Waals surface area contributed by atoms with Gasteiger partial charge in [0.2, 0.25) is 0 Å². The van der Waals surface area contributed by atoms with Crippen molar-refractivity contribution in [2.24, 2.45) is 0 Å². The highest BCUT2D eigenvalue weighted by Crippen LogP contribution is 2.31. The molecule has 3 aromatic rings. The maximum atomic E-state index is 11.6. The number of amides is 1. The topological polar surface area (TPSA) is 120 Å². The molecule has 1 aromatic carbocycles. The van der Waals surface area contributed by atoms with E-state index in [1.54, 1.807) is 15.8 Å². The summed E-state index contributed by atoms with van der Waals surface area (Å²) in [5.41, 5.74) is 1.61. The van der Waals surface area contributed by atoms with Crippen molar-refractivity contribution in [3.8, 4) is 11.5 Å². The molecule has 0 N–H and O–H groups in total. The Morgan fingerprint density at radius 3 is 2.70 bits per heavy atom. The van der Waals surface area contributed by atoms with Crippen molar-refractivity contribution in [2.75, 3.05) is 31.7 Å². The maximum absolute atomic E-state index is 11.6. The highest BCUT2D eigenvalue weighted by atomic mass is 32.2. The van der Waals surface area contributed by atoms with Crippen LogP contribution in [0, 0.1) is 0 Å². The number of hydrogen-bond donors (Lipinski definition) is 0. The Morgan fingerprint density at radius 1 is 1.23 bits per heavy atom. The lowest BCUT2D eigenvalue weighted by atomic mass is 9.96. The first-order valence-corrected chi connectivity index (χ1v) is 11.6. The standard InChI is InChI=1S/C19H21N5O5S/c1-28-19(25)23-6-4-12(5-7-23)17-21-18(29-22-17)13-2-3-14-9-20-24(16(14)8-13)15-10-30(26,27)11-15/h2-3,8-9,12,15H,4-7,10-11H2,1H3. The second-order valence-electron chi connectivity index (χ2n) is 7.78. The number of piperidine rings is 1. The molecule has 0 spiro atoms. The van der Waals surface area contributed by atoms with E-state index in [-0.39, 0.29) is 29.6 Å². The van der Waals surface area contributed by atoms with Crippen molar-refractivity contribution in [2.45, 2.75) is 24.8 Å². The van der Waals surface area contributed by atoms with Gasteiger partial charge < -0.3 is 14.2 Å². The van der Waals surface area contributed by atoms with E-state index in [1.807, 2.05) is 18.2 Å². The summed E-state index contributed by atoms with van der Waals surface area (Å²) < 4.78 is 35.1. The molecule has 0 radical (unpaired) electrons. The quantitative estimate of drug-likeness (QED) is 0.617. The third kappa shape index (κ3) is 3.32. The van der Waals surface area contributed by atoms with Crippen molar-refractivity contribution in [1.29, 1.82) is 0 Å². The van der Waals surface area contributed by atoms with Gasteiger partial charge in [0, 0.05) is 30.0 Å². The van der Waals surface area contributed by atoms with Crippen LogP contribution in [0.2, 0.25) is 0 Å². The van der Waals surface area contributed by atoms with Crippen LogP contribution in [0.5, 0.6) is 0 Å². The number of likely N-dealkylation sites (tertiary alicyclic amines) is 1. The molecule has 2 fully saturated rings. The van der Waals surface area contributed by atoms with Gasteiger partial charge in [0.25, 0.3) is 5.89 Å². The molecule has 2 saturated heterocycles. The van der Waals surface area contributed by atoms with Crippen molar-refractivity contribution < 1.29 is 22.5 Å². The summed E-state index contributed by atoms with van der Waals surface area (Å²) in [4.78, 5) is 17.9. The summed E-state index contributed by atoms with van der Waals surface area (Å²) in [7, 11) is -1.56. The number of carbonyl (C=O) groups is 1. The zero-order valence-corrected chi connectivity index (χ0v) is 17.2. The largest absolute Gasteiger partial charge is 0.453 e. The molecule has 0 saturated carbocycles. The Hall–Kier alpha value is -2.95. The fourth-order valence-corrected chi connectivity index (χ4v) is 5.47. The SMILES string of the molecule is COC(=O)N1CCC(c2noc(-c3ccc4cnn(C5CS(=O)(=O)C5)c4c3)n2)CC1. The van der Waals surface area contributed by atoms with E-state index >= 15 is 0 Å². The summed E-state index contributed by atoms with van der Waals surface area (Å²) in [6.07, 6.45) is 2.91. The third-order valence-corrected chi connectivity index (χ3v) is 7.60. The van der Waals surface area contributed by atoms with Crippen LogP contribution >= 0.6 is 0 Å². The van der Waals surface area contributed by atoms with E-state index in [4.69, 9.17) is 9.26 Å². The number of methoxy groups -OCH3 is 1. The van der Waals surface area contributed by atoms with E-state index < -0.39 is 9.84 Å². The van der Waals surface area contributed by atoms with Crippen molar-refractivity contribution in [3.05, 3.63) is 30.2 Å². The van der Waals surface area contributed by atoms with Crippen molar-refractivity contribution >= 4 is 26.8 Å². The van der Waals surface area contributed by atoms with Gasteiger partial charge in [0.15, 0.2) is 15.7 Å². The summed E-state index contributed by atoms with van der Waals surface area (Å²) in [5.74, 6) is 1.40. The molecular formula is C19H21N5O5S. The van der Waals surface area contributed by atoms with Crippen LogP contribution in [0.4, 0.5) is 4.79 Å². The number of rotatable bonds is 3. The molecule has 2 aliphatic rings. The van der Waals surface area contributed by atoms with Crippen LogP contribution in [-0.4, -0.2) is 71.0 Å². The smallest absolute Gasteiger partial charge is 0.409 e. The first-order chi connectivity index (χ1) is 14.4. The average Bonchev–Trinajstić information content (AvgIpc) is 3.38. The highest BCUT2D eigenvalue weighted by molar-refractivity contribution is 7.92. The van der Waals surface area contributed by atoms with E-state index in [0.29, 0.717) is 24.8 Å². The summed E-state index contributed by atoms with van der Waals surface area (Å²) in [5, 5.41) is 9.45. The number of carbonyl (C=O) groups excluding carboxylic acids is 1. The normalized spacial score (nSPS) is 19.7. The third-order valence-electron chi connectivity index (χ3n) is 5.82. The first kappa shape index (κ1) is 19.0. The number of benzene rings is 1. The lowest BCUT2D eigenvalue weighted by molar-refractivity contribution is 0.111. The molecular weight excluding hydrogens is 410 g/mol. The van der Waals surface area contributed by atoms with Crippen LogP contribution in [-0.2, 0) is 14.6 Å². The summed E-state index contributed by atoms with van der Waals surface area (Å²) in [6.45, 7) is 1.19. The van der Waals surface area contributed by atoms with E-state index in [0.717, 1.165) is 29.3 Å². The zero-order chi connectivity index (χ0) is 20.9. The lowest BCUT2D eigenvalue weighted by Crippen LogP contribution is -2.38. The lowest BCUT2D eigenvalue weighted by Gasteiger charge is -2.29. The molecule has 2 aromatic heterocycles. The molecule has 1 amide bonds. The minimum absolute atomic E-state index is 0.114. The van der Waals surface area contributed by atoms with Crippen LogP contribution < -0.4 is 0 Å². The summed E-state index contributed by atoms with van der Waals surface area (Å²) in [6, 6.07) is 5.58. The van der Waals surface area contributed by atoms with Crippen molar-refractivity contribution in [1.82, 2.24) is 24.8 Å². The minimum Gasteiger partial charge on any atom is -0.453 e. The molecule has 4 heterocycles. The second kappa shape index (κ2) is 7.08. The fourth-order valence-electron chi connectivity index (χ4n) is 4.11. The Kier molecular flexibility index (Phi) is 4.49. The van der Waals surface area contributed by atoms with E-state index in [9.17, 15) is 13.2 Å². The van der Waals surface area contributed by atoms with Gasteiger partial charge in [-0.3, -0.25) is 4.68 Å². The number of sulfone groups is 1. The second-order valence-corrected chi connectivity index (χ2v) is 9.94. The van der Waals surface area contributed by atoms with Gasteiger partial charge in [0.05, 0.1) is 36.4 Å². The summed E-state index contributed by atoms with van der Waals surface area (Å²) >= 11 is 0. The molecule has 2 aliphatic heterocycles. The van der Waals surface area contributed by atoms with E-state index in [1.165, 1.54) is 7.11 Å². The van der Waals surface area contributed by atoms with Gasteiger partial charge in [-0.15, -0.1) is 0 Å². The van der Waals surface area contributed by atoms with Crippen LogP contribution in [0.1, 0.15) is 30.6 Å².